The summed E-state index contributed by atoms with van der Waals surface area (Å²) in [6.07, 6.45) is 1.61. The van der Waals surface area contributed by atoms with Crippen molar-refractivity contribution in [3.63, 3.8) is 0 Å². The highest BCUT2D eigenvalue weighted by molar-refractivity contribution is 5.30. The van der Waals surface area contributed by atoms with Crippen molar-refractivity contribution >= 4 is 0 Å². The predicted molar refractivity (Wildman–Crippen MR) is 93.6 cm³/mol. The van der Waals surface area contributed by atoms with Crippen molar-refractivity contribution in [1.29, 1.82) is 0 Å². The number of benzene rings is 2. The quantitative estimate of drug-likeness (QED) is 0.682. The Bertz CT molecular complexity index is 701. The molecule has 0 amide bonds. The number of hydrogen-bond donors (Lipinski definition) is 3. The molecule has 0 atom stereocenters. The van der Waals surface area contributed by atoms with Gasteiger partial charge in [-0.1, -0.05) is 42.5 Å². The number of aromatic hydroxyl groups is 1. The van der Waals surface area contributed by atoms with E-state index in [0.717, 1.165) is 31.6 Å². The molecule has 1 aliphatic heterocycles. The van der Waals surface area contributed by atoms with Gasteiger partial charge >= 0.3 is 0 Å². The van der Waals surface area contributed by atoms with Gasteiger partial charge in [0.1, 0.15) is 5.75 Å². The Balaban J connectivity index is 1.78. The first-order valence-electron chi connectivity index (χ1n) is 8.10. The molecule has 24 heavy (non-hydrogen) atoms. The molecule has 0 aliphatic carbocycles. The summed E-state index contributed by atoms with van der Waals surface area (Å²) >= 11 is 0. The molecule has 0 aromatic heterocycles. The first kappa shape index (κ1) is 16.4. The van der Waals surface area contributed by atoms with Crippen LogP contribution in [0, 0.1) is 0 Å². The van der Waals surface area contributed by atoms with Gasteiger partial charge in [-0.05, 0) is 23.3 Å². The normalized spacial score (nSPS) is 14.1. The summed E-state index contributed by atoms with van der Waals surface area (Å²) in [4.78, 5) is 7.06. The average molecular weight is 325 g/mol. The molecule has 4 N–H and O–H groups in total. The summed E-state index contributed by atoms with van der Waals surface area (Å²) in [5, 5.41) is 13.2. The summed E-state index contributed by atoms with van der Waals surface area (Å²) in [5.41, 5.74) is 4.76. The van der Waals surface area contributed by atoms with Gasteiger partial charge in [0.15, 0.2) is 0 Å². The molecule has 2 aromatic carbocycles. The number of phenols is 1. The third-order valence-electron chi connectivity index (χ3n) is 4.18. The fourth-order valence-corrected chi connectivity index (χ4v) is 3.03. The lowest BCUT2D eigenvalue weighted by atomic mass is 10.1. The minimum atomic E-state index is 0.292. The van der Waals surface area contributed by atoms with Crippen molar-refractivity contribution in [2.75, 3.05) is 13.3 Å². The molecule has 0 bridgehead atoms. The lowest BCUT2D eigenvalue weighted by Gasteiger charge is -2.21. The predicted octanol–water partition coefficient (Wildman–Crippen LogP) is 2.49. The number of rotatable bonds is 7. The monoisotopic (exact) mass is 325 g/mol. The molecular formula is C19H23N3O2. The molecule has 0 fully saturated rings. The topological polar surface area (TPSA) is 70.8 Å². The fraction of sp³-hybridized carbons (Fsp3) is 0.263. The van der Waals surface area contributed by atoms with Gasteiger partial charge in [0.25, 0.3) is 0 Å². The van der Waals surface area contributed by atoms with Crippen molar-refractivity contribution in [2.24, 2.45) is 5.90 Å². The standard InChI is InChI=1S/C19H23N3O2/c20-24-10-9-19-18(12-15-5-2-1-3-6-15)21-14-22(19)13-16-7-4-8-17(23)11-16/h1-8,11,21,23H,9-10,12-14,20H2. The highest BCUT2D eigenvalue weighted by Gasteiger charge is 2.22. The van der Waals surface area contributed by atoms with Gasteiger partial charge in [-0.3, -0.25) is 0 Å². The average Bonchev–Trinajstić information content (AvgIpc) is 2.95. The van der Waals surface area contributed by atoms with Gasteiger partial charge in [-0.15, -0.1) is 0 Å². The maximum absolute atomic E-state index is 9.66. The first-order chi connectivity index (χ1) is 11.8. The Kier molecular flexibility index (Phi) is 5.36. The zero-order valence-electron chi connectivity index (χ0n) is 13.6. The van der Waals surface area contributed by atoms with Crippen LogP contribution >= 0.6 is 0 Å². The molecule has 5 heteroatoms. The molecule has 0 saturated heterocycles. The van der Waals surface area contributed by atoms with Crippen molar-refractivity contribution in [3.8, 4) is 5.75 Å². The van der Waals surface area contributed by atoms with Gasteiger partial charge in [0.2, 0.25) is 0 Å². The summed E-state index contributed by atoms with van der Waals surface area (Å²) in [5.74, 6) is 5.52. The molecule has 1 aliphatic rings. The molecule has 0 saturated carbocycles. The van der Waals surface area contributed by atoms with E-state index in [1.165, 1.54) is 17.0 Å². The van der Waals surface area contributed by atoms with Gasteiger partial charge < -0.3 is 20.2 Å². The molecule has 0 unspecified atom stereocenters. The Morgan fingerprint density at radius 1 is 1.08 bits per heavy atom. The van der Waals surface area contributed by atoms with Crippen LogP contribution in [0.5, 0.6) is 5.75 Å². The molecule has 5 nitrogen and oxygen atoms in total. The third-order valence-corrected chi connectivity index (χ3v) is 4.18. The van der Waals surface area contributed by atoms with Crippen molar-refractivity contribution in [2.45, 2.75) is 19.4 Å². The maximum atomic E-state index is 9.66. The second kappa shape index (κ2) is 7.86. The van der Waals surface area contributed by atoms with E-state index in [1.807, 2.05) is 18.2 Å². The van der Waals surface area contributed by atoms with Crippen LogP contribution in [0.4, 0.5) is 0 Å². The SMILES string of the molecule is NOCCC1=C(Cc2ccccc2)NCN1Cc1cccc(O)c1. The fourth-order valence-electron chi connectivity index (χ4n) is 3.03. The largest absolute Gasteiger partial charge is 0.508 e. The van der Waals surface area contributed by atoms with Crippen LogP contribution in [0.15, 0.2) is 66.0 Å². The molecular weight excluding hydrogens is 302 g/mol. The van der Waals surface area contributed by atoms with E-state index >= 15 is 0 Å². The second-order valence-corrected chi connectivity index (χ2v) is 5.91. The zero-order chi connectivity index (χ0) is 16.8. The number of hydrogen-bond acceptors (Lipinski definition) is 5. The molecule has 0 spiro atoms. The van der Waals surface area contributed by atoms with Gasteiger partial charge in [-0.2, -0.15) is 0 Å². The Morgan fingerprint density at radius 3 is 2.62 bits per heavy atom. The number of phenolic OH excluding ortho intramolecular Hbond substituents is 1. The number of nitrogens with two attached hydrogens (primary N) is 1. The number of nitrogens with zero attached hydrogens (tertiary/aromatic N) is 1. The van der Waals surface area contributed by atoms with Crippen molar-refractivity contribution in [3.05, 3.63) is 77.1 Å². The Labute approximate surface area is 142 Å². The number of allylic oxidation sites excluding steroid dienone is 1. The van der Waals surface area contributed by atoms with E-state index in [1.54, 1.807) is 12.1 Å². The third kappa shape index (κ3) is 4.07. The van der Waals surface area contributed by atoms with E-state index in [9.17, 15) is 5.11 Å². The highest BCUT2D eigenvalue weighted by Crippen LogP contribution is 2.24. The molecule has 126 valence electrons. The van der Waals surface area contributed by atoms with Crippen molar-refractivity contribution in [1.82, 2.24) is 10.2 Å². The van der Waals surface area contributed by atoms with Crippen molar-refractivity contribution < 1.29 is 9.94 Å². The lowest BCUT2D eigenvalue weighted by molar-refractivity contribution is 0.135. The smallest absolute Gasteiger partial charge is 0.115 e. The van der Waals surface area contributed by atoms with Crippen LogP contribution in [0.1, 0.15) is 17.5 Å². The Morgan fingerprint density at radius 2 is 1.88 bits per heavy atom. The van der Waals surface area contributed by atoms with E-state index in [-0.39, 0.29) is 0 Å². The summed E-state index contributed by atoms with van der Waals surface area (Å²) in [7, 11) is 0. The zero-order valence-corrected chi connectivity index (χ0v) is 13.6. The van der Waals surface area contributed by atoms with E-state index in [2.05, 4.69) is 34.5 Å². The van der Waals surface area contributed by atoms with Crippen LogP contribution in [0.2, 0.25) is 0 Å². The minimum absolute atomic E-state index is 0.292. The van der Waals surface area contributed by atoms with Crippen LogP contribution in [0.3, 0.4) is 0 Å². The Hall–Kier alpha value is -2.50. The van der Waals surface area contributed by atoms with E-state index in [4.69, 9.17) is 10.7 Å². The van der Waals surface area contributed by atoms with Crippen LogP contribution in [0.25, 0.3) is 0 Å². The van der Waals surface area contributed by atoms with Gasteiger partial charge in [-0.25, -0.2) is 5.90 Å². The minimum Gasteiger partial charge on any atom is -0.508 e. The van der Waals surface area contributed by atoms with E-state index < -0.39 is 0 Å². The van der Waals surface area contributed by atoms with Crippen LogP contribution < -0.4 is 11.2 Å². The van der Waals surface area contributed by atoms with Crippen LogP contribution in [-0.2, 0) is 17.8 Å². The molecule has 1 heterocycles. The highest BCUT2D eigenvalue weighted by atomic mass is 16.6. The summed E-state index contributed by atoms with van der Waals surface area (Å²) < 4.78 is 0. The van der Waals surface area contributed by atoms with Gasteiger partial charge in [0, 0.05) is 30.8 Å². The number of nitrogens with one attached hydrogen (secondary N) is 1. The first-order valence-corrected chi connectivity index (χ1v) is 8.10. The van der Waals surface area contributed by atoms with E-state index in [0.29, 0.717) is 12.4 Å². The lowest BCUT2D eigenvalue weighted by Crippen LogP contribution is -2.24. The summed E-state index contributed by atoms with van der Waals surface area (Å²) in [6.45, 7) is 1.96. The second-order valence-electron chi connectivity index (χ2n) is 5.91. The summed E-state index contributed by atoms with van der Waals surface area (Å²) in [6, 6.07) is 17.8. The van der Waals surface area contributed by atoms with Crippen LogP contribution in [-0.4, -0.2) is 23.3 Å². The molecule has 2 aromatic rings. The molecule has 0 radical (unpaired) electrons. The maximum Gasteiger partial charge on any atom is 0.115 e. The molecule has 3 rings (SSSR count). The van der Waals surface area contributed by atoms with Gasteiger partial charge in [0.05, 0.1) is 13.3 Å².